The third-order valence-electron chi connectivity index (χ3n) is 2.10. The summed E-state index contributed by atoms with van der Waals surface area (Å²) in [5.41, 5.74) is -0.0829. The van der Waals surface area contributed by atoms with E-state index in [1.54, 1.807) is 19.2 Å². The van der Waals surface area contributed by atoms with Crippen molar-refractivity contribution in [3.63, 3.8) is 0 Å². The van der Waals surface area contributed by atoms with Gasteiger partial charge in [-0.15, -0.1) is 4.91 Å². The van der Waals surface area contributed by atoms with E-state index >= 15 is 0 Å². The van der Waals surface area contributed by atoms with Crippen molar-refractivity contribution in [1.82, 2.24) is 4.68 Å². The predicted octanol–water partition coefficient (Wildman–Crippen LogP) is -0.334. The zero-order valence-electron chi connectivity index (χ0n) is 8.92. The summed E-state index contributed by atoms with van der Waals surface area (Å²) in [7, 11) is 0. The van der Waals surface area contributed by atoms with Crippen LogP contribution in [0.1, 0.15) is 12.5 Å². The Balaban J connectivity index is 3.55. The lowest BCUT2D eigenvalue weighted by molar-refractivity contribution is -0.697. The van der Waals surface area contributed by atoms with E-state index in [1.807, 2.05) is 0 Å². The Labute approximate surface area is 91.7 Å². The summed E-state index contributed by atoms with van der Waals surface area (Å²) in [4.78, 5) is 26.7. The standard InChI is InChI=1S/C9H13N4O3/c1-3-5-12-6-7(4-2)8(14)13(11-15)9(12)16-10/h3,6H,1,4-5,10H2,2H3/q+1. The van der Waals surface area contributed by atoms with Crippen LogP contribution in [0.5, 0.6) is 6.01 Å². The monoisotopic (exact) mass is 225 g/mol. The van der Waals surface area contributed by atoms with Crippen molar-refractivity contribution in [3.8, 4) is 6.01 Å². The summed E-state index contributed by atoms with van der Waals surface area (Å²) in [6.45, 7) is 5.71. The van der Waals surface area contributed by atoms with Crippen LogP contribution in [0.3, 0.4) is 0 Å². The molecule has 0 radical (unpaired) electrons. The molecule has 1 rings (SSSR count). The number of nitrogens with two attached hydrogens (primary N) is 1. The SMILES string of the molecule is C=CC[n+]1cc(CC)c(=O)n(N=O)c1ON. The highest BCUT2D eigenvalue weighted by Gasteiger charge is 2.23. The molecule has 0 bridgehead atoms. The van der Waals surface area contributed by atoms with Crippen LogP contribution in [-0.4, -0.2) is 4.68 Å². The molecule has 0 amide bonds. The minimum atomic E-state index is -0.529. The lowest BCUT2D eigenvalue weighted by Crippen LogP contribution is -2.43. The van der Waals surface area contributed by atoms with Gasteiger partial charge in [0.1, 0.15) is 12.7 Å². The maximum Gasteiger partial charge on any atom is 0.507 e. The van der Waals surface area contributed by atoms with Gasteiger partial charge in [-0.3, -0.25) is 0 Å². The number of hydrogen-bond acceptors (Lipinski definition) is 5. The van der Waals surface area contributed by atoms with E-state index in [4.69, 9.17) is 5.90 Å². The topological polar surface area (TPSA) is 90.6 Å². The number of aromatic nitrogens is 2. The lowest BCUT2D eigenvalue weighted by Gasteiger charge is -2.03. The van der Waals surface area contributed by atoms with Crippen LogP contribution in [0.4, 0.5) is 0 Å². The van der Waals surface area contributed by atoms with Gasteiger partial charge in [-0.2, -0.15) is 10.5 Å². The highest BCUT2D eigenvalue weighted by Crippen LogP contribution is 2.01. The summed E-state index contributed by atoms with van der Waals surface area (Å²) in [5.74, 6) is 5.00. The van der Waals surface area contributed by atoms with E-state index in [0.29, 0.717) is 23.2 Å². The molecule has 0 saturated heterocycles. The van der Waals surface area contributed by atoms with Gasteiger partial charge in [-0.05, 0) is 6.42 Å². The Bertz CT molecular complexity index is 467. The van der Waals surface area contributed by atoms with Gasteiger partial charge >= 0.3 is 11.6 Å². The second-order valence-electron chi connectivity index (χ2n) is 3.05. The quantitative estimate of drug-likeness (QED) is 0.321. The third-order valence-corrected chi connectivity index (χ3v) is 2.10. The van der Waals surface area contributed by atoms with Crippen LogP contribution in [-0.2, 0) is 13.0 Å². The molecule has 0 aliphatic carbocycles. The number of nitroso groups, excluding NO2 is 1. The first-order valence-corrected chi connectivity index (χ1v) is 4.69. The summed E-state index contributed by atoms with van der Waals surface area (Å²) >= 11 is 0. The smallest absolute Gasteiger partial charge is 0.336 e. The molecule has 0 aliphatic heterocycles. The van der Waals surface area contributed by atoms with Crippen LogP contribution in [0.15, 0.2) is 28.9 Å². The molecular weight excluding hydrogens is 212 g/mol. The minimum Gasteiger partial charge on any atom is -0.336 e. The van der Waals surface area contributed by atoms with Gasteiger partial charge in [0.25, 0.3) is 0 Å². The molecule has 0 atom stereocenters. The van der Waals surface area contributed by atoms with Crippen molar-refractivity contribution in [1.29, 1.82) is 0 Å². The van der Waals surface area contributed by atoms with Crippen LogP contribution in [0.2, 0.25) is 0 Å². The highest BCUT2D eigenvalue weighted by molar-refractivity contribution is 5.05. The minimum absolute atomic E-state index is 0.128. The maximum absolute atomic E-state index is 11.7. The van der Waals surface area contributed by atoms with Gasteiger partial charge in [-0.25, -0.2) is 4.79 Å². The molecule has 7 nitrogen and oxygen atoms in total. The largest absolute Gasteiger partial charge is 0.507 e. The number of rotatable bonds is 5. The van der Waals surface area contributed by atoms with Gasteiger partial charge in [-0.1, -0.05) is 19.6 Å². The van der Waals surface area contributed by atoms with E-state index < -0.39 is 5.56 Å². The summed E-state index contributed by atoms with van der Waals surface area (Å²) < 4.78 is 2.07. The van der Waals surface area contributed by atoms with E-state index in [0.717, 1.165) is 0 Å². The fourth-order valence-electron chi connectivity index (χ4n) is 1.35. The molecule has 1 heterocycles. The molecule has 86 valence electrons. The fraction of sp³-hybridized carbons (Fsp3) is 0.333. The Hall–Kier alpha value is -2.02. The van der Waals surface area contributed by atoms with Crippen molar-refractivity contribution in [2.24, 2.45) is 11.2 Å². The highest BCUT2D eigenvalue weighted by atomic mass is 16.6. The zero-order chi connectivity index (χ0) is 12.1. The van der Waals surface area contributed by atoms with Gasteiger partial charge in [0.15, 0.2) is 5.29 Å². The first-order valence-electron chi connectivity index (χ1n) is 4.69. The lowest BCUT2D eigenvalue weighted by atomic mass is 10.2. The molecule has 0 aliphatic rings. The number of hydrogen-bond donors (Lipinski definition) is 1. The van der Waals surface area contributed by atoms with Crippen molar-refractivity contribution >= 4 is 0 Å². The average Bonchev–Trinajstić information content (AvgIpc) is 2.30. The first kappa shape index (κ1) is 12.1. The van der Waals surface area contributed by atoms with Crippen molar-refractivity contribution < 1.29 is 9.40 Å². The Morgan fingerprint density at radius 3 is 2.88 bits per heavy atom. The van der Waals surface area contributed by atoms with E-state index in [-0.39, 0.29) is 6.01 Å². The predicted molar refractivity (Wildman–Crippen MR) is 56.5 cm³/mol. The average molecular weight is 225 g/mol. The van der Waals surface area contributed by atoms with Crippen LogP contribution in [0.25, 0.3) is 0 Å². The molecule has 16 heavy (non-hydrogen) atoms. The van der Waals surface area contributed by atoms with Crippen LogP contribution >= 0.6 is 0 Å². The second-order valence-corrected chi connectivity index (χ2v) is 3.05. The third kappa shape index (κ3) is 1.98. The first-order chi connectivity index (χ1) is 7.69. The van der Waals surface area contributed by atoms with Gasteiger partial charge in [0.2, 0.25) is 0 Å². The summed E-state index contributed by atoms with van der Waals surface area (Å²) in [6, 6.07) is -0.128. The molecule has 2 N–H and O–H groups in total. The zero-order valence-corrected chi connectivity index (χ0v) is 8.92. The van der Waals surface area contributed by atoms with Crippen LogP contribution in [0, 0.1) is 4.91 Å². The molecule has 7 heteroatoms. The molecule has 0 saturated carbocycles. The number of nitrogens with zero attached hydrogens (tertiary/aromatic N) is 3. The Morgan fingerprint density at radius 1 is 1.75 bits per heavy atom. The van der Waals surface area contributed by atoms with Gasteiger partial charge in [0.05, 0.1) is 5.56 Å². The van der Waals surface area contributed by atoms with Crippen molar-refractivity contribution in [2.75, 3.05) is 0 Å². The summed E-state index contributed by atoms with van der Waals surface area (Å²) in [6.07, 6.45) is 3.63. The number of aryl methyl sites for hydroxylation is 1. The Kier molecular flexibility index (Phi) is 3.90. The molecular formula is C9H13N4O3+. The van der Waals surface area contributed by atoms with Gasteiger partial charge < -0.3 is 4.84 Å². The van der Waals surface area contributed by atoms with E-state index in [1.165, 1.54) is 4.57 Å². The molecule has 1 aromatic heterocycles. The van der Waals surface area contributed by atoms with Gasteiger partial charge in [0, 0.05) is 4.68 Å². The van der Waals surface area contributed by atoms with E-state index in [9.17, 15) is 9.70 Å². The molecule has 0 unspecified atom stereocenters. The molecule has 0 fully saturated rings. The Morgan fingerprint density at radius 2 is 2.44 bits per heavy atom. The van der Waals surface area contributed by atoms with Crippen LogP contribution < -0.4 is 20.9 Å². The normalized spacial score (nSPS) is 9.88. The van der Waals surface area contributed by atoms with E-state index in [2.05, 4.69) is 16.7 Å². The fourth-order valence-corrected chi connectivity index (χ4v) is 1.35. The van der Waals surface area contributed by atoms with Crippen molar-refractivity contribution in [2.45, 2.75) is 19.9 Å². The number of allylic oxidation sites excluding steroid dienone is 1. The molecule has 1 aromatic rings. The van der Waals surface area contributed by atoms with Crippen molar-refractivity contribution in [3.05, 3.63) is 39.7 Å². The molecule has 0 spiro atoms. The molecule has 0 aromatic carbocycles. The maximum atomic E-state index is 11.7. The summed E-state index contributed by atoms with van der Waals surface area (Å²) in [5, 5.41) is 2.59. The second kappa shape index (κ2) is 5.17.